The molecule has 18 heavy (non-hydrogen) atoms. The molecule has 92 valence electrons. The van der Waals surface area contributed by atoms with Crippen molar-refractivity contribution in [2.45, 2.75) is 12.8 Å². The van der Waals surface area contributed by atoms with Crippen LogP contribution in [0.1, 0.15) is 11.1 Å². The lowest BCUT2D eigenvalue weighted by Gasteiger charge is -2.04. The summed E-state index contributed by atoms with van der Waals surface area (Å²) in [5, 5.41) is 0. The first-order valence-corrected chi connectivity index (χ1v) is 5.51. The van der Waals surface area contributed by atoms with E-state index in [2.05, 4.69) is 16.4 Å². The summed E-state index contributed by atoms with van der Waals surface area (Å²) in [5.74, 6) is -1.44. The first kappa shape index (κ1) is 12.1. The topological polar surface area (TPSA) is 52.6 Å². The highest BCUT2D eigenvalue weighted by atomic mass is 17.2. The van der Waals surface area contributed by atoms with E-state index in [1.807, 2.05) is 24.3 Å². The molecule has 0 N–H and O–H groups in total. The lowest BCUT2D eigenvalue weighted by Crippen LogP contribution is -2.13. The first-order chi connectivity index (χ1) is 8.69. The Balaban J connectivity index is 2.03. The molecule has 0 amide bonds. The molecule has 0 atom stereocenters. The number of rotatable bonds is 2. The Morgan fingerprint density at radius 2 is 2.00 bits per heavy atom. The van der Waals surface area contributed by atoms with Gasteiger partial charge in [-0.3, -0.25) is 0 Å². The molecule has 0 spiro atoms. The fourth-order valence-corrected chi connectivity index (χ4v) is 1.72. The zero-order valence-corrected chi connectivity index (χ0v) is 9.72. The summed E-state index contributed by atoms with van der Waals surface area (Å²) in [7, 11) is 0. The third kappa shape index (κ3) is 2.85. The first-order valence-electron chi connectivity index (χ1n) is 5.51. The van der Waals surface area contributed by atoms with Crippen molar-refractivity contribution in [1.82, 2.24) is 0 Å². The van der Waals surface area contributed by atoms with Crippen molar-refractivity contribution in [3.63, 3.8) is 0 Å². The molecule has 0 unspecified atom stereocenters. The van der Waals surface area contributed by atoms with Crippen LogP contribution < -0.4 is 0 Å². The van der Waals surface area contributed by atoms with E-state index in [4.69, 9.17) is 0 Å². The van der Waals surface area contributed by atoms with E-state index in [0.29, 0.717) is 18.4 Å². The largest absolute Gasteiger partial charge is 0.382 e. The maximum absolute atomic E-state index is 11.7. The molecule has 0 heterocycles. The van der Waals surface area contributed by atoms with E-state index in [9.17, 15) is 9.59 Å². The number of carbonyl (C=O) groups excluding carboxylic acids is 2. The van der Waals surface area contributed by atoms with Crippen molar-refractivity contribution in [3.05, 3.63) is 59.7 Å². The lowest BCUT2D eigenvalue weighted by molar-refractivity contribution is -0.251. The predicted octanol–water partition coefficient (Wildman–Crippen LogP) is 1.90. The van der Waals surface area contributed by atoms with Gasteiger partial charge in [-0.2, -0.15) is 0 Å². The molecule has 1 aromatic rings. The van der Waals surface area contributed by atoms with Crippen LogP contribution in [0.15, 0.2) is 48.6 Å². The molecular weight excluding hydrogens is 232 g/mol. The average molecular weight is 244 g/mol. The number of carbonyl (C=O) groups is 2. The average Bonchev–Trinajstić information content (AvgIpc) is 2.54. The summed E-state index contributed by atoms with van der Waals surface area (Å²) in [5.41, 5.74) is 2.65. The number of hydrogen-bond acceptors (Lipinski definition) is 4. The molecule has 4 nitrogen and oxygen atoms in total. The zero-order valence-electron chi connectivity index (χ0n) is 9.72. The van der Waals surface area contributed by atoms with E-state index in [-0.39, 0.29) is 0 Å². The minimum atomic E-state index is -0.793. The second-order valence-corrected chi connectivity index (χ2v) is 3.91. The van der Waals surface area contributed by atoms with Crippen LogP contribution in [0.25, 0.3) is 0 Å². The molecule has 1 aromatic carbocycles. The second-order valence-electron chi connectivity index (χ2n) is 3.91. The Kier molecular flexibility index (Phi) is 3.57. The normalized spacial score (nSPS) is 13.0. The molecule has 0 radical (unpaired) electrons. The molecule has 0 aliphatic heterocycles. The standard InChI is InChI=1S/C14H12O4/c1-2-13(15)17-18-14(16)12-7-6-10-4-3-5-11(8-10)9-12/h2-5,7-8H,1,6,9H2. The number of benzene rings is 1. The fourth-order valence-electron chi connectivity index (χ4n) is 1.72. The fraction of sp³-hybridized carbons (Fsp3) is 0.143. The molecule has 2 bridgehead atoms. The van der Waals surface area contributed by atoms with E-state index >= 15 is 0 Å². The summed E-state index contributed by atoms with van der Waals surface area (Å²) in [6.45, 7) is 3.20. The van der Waals surface area contributed by atoms with Crippen molar-refractivity contribution in [1.29, 1.82) is 0 Å². The molecule has 0 saturated heterocycles. The number of fused-ring (bicyclic) bond motifs is 2. The molecule has 1 aliphatic carbocycles. The van der Waals surface area contributed by atoms with Crippen molar-refractivity contribution in [3.8, 4) is 0 Å². The molecule has 0 fully saturated rings. The maximum atomic E-state index is 11.7. The quantitative estimate of drug-likeness (QED) is 0.453. The van der Waals surface area contributed by atoms with E-state index in [1.54, 1.807) is 6.08 Å². The second kappa shape index (κ2) is 5.31. The molecular formula is C14H12O4. The van der Waals surface area contributed by atoms with Crippen molar-refractivity contribution >= 4 is 11.9 Å². The Morgan fingerprint density at radius 3 is 2.78 bits per heavy atom. The SMILES string of the molecule is C=CC(=O)OOC(=O)C1=CCc2cccc(c2)C1. The monoisotopic (exact) mass is 244 g/mol. The van der Waals surface area contributed by atoms with Crippen LogP contribution in [0.5, 0.6) is 0 Å². The van der Waals surface area contributed by atoms with Gasteiger partial charge in [-0.05, 0) is 17.5 Å². The molecule has 2 rings (SSSR count). The number of hydrogen-bond donors (Lipinski definition) is 0. The summed E-state index contributed by atoms with van der Waals surface area (Å²) in [6, 6.07) is 7.91. The van der Waals surface area contributed by atoms with Crippen LogP contribution in [0.2, 0.25) is 0 Å². The van der Waals surface area contributed by atoms with E-state index in [1.165, 1.54) is 0 Å². The van der Waals surface area contributed by atoms with Gasteiger partial charge < -0.3 is 0 Å². The lowest BCUT2D eigenvalue weighted by atomic mass is 10.1. The zero-order chi connectivity index (χ0) is 13.0. The minimum absolute atomic E-state index is 0.471. The third-order valence-corrected chi connectivity index (χ3v) is 2.60. The van der Waals surface area contributed by atoms with Gasteiger partial charge in [-0.15, -0.1) is 0 Å². The van der Waals surface area contributed by atoms with Gasteiger partial charge in [0.2, 0.25) is 0 Å². The summed E-state index contributed by atoms with van der Waals surface area (Å²) >= 11 is 0. The van der Waals surface area contributed by atoms with Crippen LogP contribution >= 0.6 is 0 Å². The van der Waals surface area contributed by atoms with Gasteiger partial charge in [0.25, 0.3) is 0 Å². The van der Waals surface area contributed by atoms with Gasteiger partial charge in [0, 0.05) is 18.1 Å². The molecule has 4 heteroatoms. The maximum Gasteiger partial charge on any atom is 0.382 e. The van der Waals surface area contributed by atoms with Gasteiger partial charge in [-0.1, -0.05) is 36.9 Å². The van der Waals surface area contributed by atoms with E-state index in [0.717, 1.165) is 17.2 Å². The molecule has 0 aromatic heterocycles. The van der Waals surface area contributed by atoms with Crippen LogP contribution in [0, 0.1) is 0 Å². The molecule has 0 saturated carbocycles. The van der Waals surface area contributed by atoms with Crippen molar-refractivity contribution < 1.29 is 19.4 Å². The van der Waals surface area contributed by atoms with Crippen LogP contribution in [0.4, 0.5) is 0 Å². The highest BCUT2D eigenvalue weighted by Crippen LogP contribution is 2.17. The van der Waals surface area contributed by atoms with Crippen molar-refractivity contribution in [2.75, 3.05) is 0 Å². The highest BCUT2D eigenvalue weighted by molar-refractivity contribution is 5.90. The van der Waals surface area contributed by atoms with Crippen LogP contribution in [0.3, 0.4) is 0 Å². The Hall–Kier alpha value is -2.36. The smallest absolute Gasteiger partial charge is 0.242 e. The van der Waals surface area contributed by atoms with Gasteiger partial charge in [0.15, 0.2) is 0 Å². The van der Waals surface area contributed by atoms with Gasteiger partial charge in [-0.25, -0.2) is 19.4 Å². The van der Waals surface area contributed by atoms with Gasteiger partial charge in [0.05, 0.1) is 0 Å². The summed E-state index contributed by atoms with van der Waals surface area (Å²) in [6.07, 6.45) is 3.84. The van der Waals surface area contributed by atoms with Gasteiger partial charge >= 0.3 is 11.9 Å². The Labute approximate surface area is 104 Å². The Morgan fingerprint density at radius 1 is 1.22 bits per heavy atom. The van der Waals surface area contributed by atoms with Crippen LogP contribution in [-0.2, 0) is 32.2 Å². The molecule has 1 aliphatic rings. The third-order valence-electron chi connectivity index (χ3n) is 2.60. The minimum Gasteiger partial charge on any atom is -0.242 e. The summed E-state index contributed by atoms with van der Waals surface area (Å²) < 4.78 is 0. The summed E-state index contributed by atoms with van der Waals surface area (Å²) in [4.78, 5) is 31.2. The van der Waals surface area contributed by atoms with Crippen LogP contribution in [-0.4, -0.2) is 11.9 Å². The van der Waals surface area contributed by atoms with E-state index < -0.39 is 11.9 Å². The predicted molar refractivity (Wildman–Crippen MR) is 64.3 cm³/mol. The van der Waals surface area contributed by atoms with Crippen molar-refractivity contribution in [2.24, 2.45) is 0 Å². The highest BCUT2D eigenvalue weighted by Gasteiger charge is 2.16. The number of allylic oxidation sites excluding steroid dienone is 1. The Bertz CT molecular complexity index is 528. The van der Waals surface area contributed by atoms with Gasteiger partial charge in [0.1, 0.15) is 0 Å².